The Morgan fingerprint density at radius 3 is 1.61 bits per heavy atom. The molecule has 0 amide bonds. The third kappa shape index (κ3) is 2.66. The number of rotatable bonds is 2. The smallest absolute Gasteiger partial charge is 0.365 e. The molecule has 2 rings (SSSR count). The topological polar surface area (TPSA) is 20.2 Å². The fourth-order valence-corrected chi connectivity index (χ4v) is 1.98. The summed E-state index contributed by atoms with van der Waals surface area (Å²) in [6.45, 7) is -1.46. The lowest BCUT2D eigenvalue weighted by molar-refractivity contribution is 0.581. The molecule has 18 heavy (non-hydrogen) atoms. The predicted octanol–water partition coefficient (Wildman–Crippen LogP) is 2.37. The summed E-state index contributed by atoms with van der Waals surface area (Å²) in [5, 5.41) is 10.5. The summed E-state index contributed by atoms with van der Waals surface area (Å²) in [7, 11) is 0. The average Bonchev–Trinajstić information content (AvgIpc) is 2.34. The van der Waals surface area contributed by atoms with E-state index in [1.165, 1.54) is 24.3 Å². The Morgan fingerprint density at radius 1 is 0.833 bits per heavy atom. The zero-order valence-electron chi connectivity index (χ0n) is 9.00. The minimum absolute atomic E-state index is 0.0938. The van der Waals surface area contributed by atoms with Gasteiger partial charge in [0.2, 0.25) is 0 Å². The molecule has 0 aliphatic rings. The summed E-state index contributed by atoms with van der Waals surface area (Å²) in [5.74, 6) is -1.32. The molecule has 0 aromatic heterocycles. The van der Waals surface area contributed by atoms with Crippen molar-refractivity contribution in [3.05, 3.63) is 58.1 Å². The van der Waals surface area contributed by atoms with Crippen molar-refractivity contribution in [2.45, 2.75) is 0 Å². The van der Waals surface area contributed by atoms with Crippen LogP contribution in [0.15, 0.2) is 36.4 Å². The summed E-state index contributed by atoms with van der Waals surface area (Å²) < 4.78 is 27.1. The van der Waals surface area contributed by atoms with Crippen LogP contribution >= 0.6 is 23.2 Å². The van der Waals surface area contributed by atoms with Crippen LogP contribution in [0.3, 0.4) is 0 Å². The van der Waals surface area contributed by atoms with Crippen molar-refractivity contribution in [3.63, 3.8) is 0 Å². The van der Waals surface area contributed by atoms with Crippen LogP contribution in [0.2, 0.25) is 10.0 Å². The average molecular weight is 287 g/mol. The van der Waals surface area contributed by atoms with Gasteiger partial charge in [-0.05, 0) is 47.3 Å². The zero-order valence-corrected chi connectivity index (χ0v) is 10.5. The highest BCUT2D eigenvalue weighted by Gasteiger charge is 2.24. The van der Waals surface area contributed by atoms with Gasteiger partial charge in [0.1, 0.15) is 11.6 Å². The Bertz CT molecular complexity index is 541. The highest BCUT2D eigenvalue weighted by atomic mass is 35.5. The molecule has 92 valence electrons. The van der Waals surface area contributed by atoms with Crippen LogP contribution in [-0.4, -0.2) is 11.9 Å². The van der Waals surface area contributed by atoms with Gasteiger partial charge < -0.3 is 5.02 Å². The first kappa shape index (κ1) is 13.3. The van der Waals surface area contributed by atoms with E-state index in [9.17, 15) is 13.8 Å². The second-order valence-electron chi connectivity index (χ2n) is 3.73. The summed E-state index contributed by atoms with van der Waals surface area (Å²) in [4.78, 5) is 0. The van der Waals surface area contributed by atoms with E-state index in [4.69, 9.17) is 23.2 Å². The summed E-state index contributed by atoms with van der Waals surface area (Å²) in [6, 6.07) is 7.43. The lowest BCUT2D eigenvalue weighted by Crippen LogP contribution is -2.45. The minimum Gasteiger partial charge on any atom is -0.443 e. The first-order valence-corrected chi connectivity index (χ1v) is 5.82. The molecule has 0 fully saturated rings. The quantitative estimate of drug-likeness (QED) is 0.841. The molecule has 1 nitrogen and oxygen atoms in total. The van der Waals surface area contributed by atoms with Crippen LogP contribution in [-0.2, 0) is 0 Å². The van der Waals surface area contributed by atoms with E-state index in [2.05, 4.69) is 0 Å². The molecule has 2 aromatic rings. The Morgan fingerprint density at radius 2 is 1.22 bits per heavy atom. The maximum atomic E-state index is 13.6. The van der Waals surface area contributed by atoms with E-state index in [1.807, 2.05) is 0 Å². The van der Waals surface area contributed by atoms with Crippen molar-refractivity contribution >= 4 is 41.0 Å². The van der Waals surface area contributed by atoms with Gasteiger partial charge >= 0.3 is 6.92 Å². The molecule has 0 aliphatic carbocycles. The Balaban J connectivity index is 2.50. The van der Waals surface area contributed by atoms with Crippen LogP contribution in [0, 0.1) is 11.6 Å². The van der Waals surface area contributed by atoms with Gasteiger partial charge in [-0.2, -0.15) is 0 Å². The standard InChI is InChI=1S/C12H7BCl2F2O/c14-7-1-3-11(16)9(5-7)13(18)10-6-8(15)2-4-12(10)17/h1-6,18H. The van der Waals surface area contributed by atoms with Crippen molar-refractivity contribution < 1.29 is 13.8 Å². The molecule has 0 saturated heterocycles. The molecule has 2 aromatic carbocycles. The lowest BCUT2D eigenvalue weighted by atomic mass is 9.55. The molecule has 0 saturated carbocycles. The van der Waals surface area contributed by atoms with Crippen LogP contribution in [0.1, 0.15) is 0 Å². The summed E-state index contributed by atoms with van der Waals surface area (Å²) in [6.07, 6.45) is 0. The van der Waals surface area contributed by atoms with Gasteiger partial charge in [-0.15, -0.1) is 0 Å². The van der Waals surface area contributed by atoms with Gasteiger partial charge in [-0.1, -0.05) is 23.2 Å². The van der Waals surface area contributed by atoms with Crippen LogP contribution in [0.25, 0.3) is 0 Å². The van der Waals surface area contributed by atoms with Crippen molar-refractivity contribution in [1.29, 1.82) is 0 Å². The largest absolute Gasteiger partial charge is 0.443 e. The minimum atomic E-state index is -1.46. The second kappa shape index (κ2) is 5.27. The van der Waals surface area contributed by atoms with Gasteiger partial charge in [-0.25, -0.2) is 8.78 Å². The SMILES string of the molecule is OB(c1cc(Cl)ccc1F)c1cc(Cl)ccc1F. The molecule has 0 heterocycles. The van der Waals surface area contributed by atoms with Crippen molar-refractivity contribution in [2.24, 2.45) is 0 Å². The van der Waals surface area contributed by atoms with Crippen LogP contribution < -0.4 is 10.9 Å². The van der Waals surface area contributed by atoms with E-state index in [0.29, 0.717) is 0 Å². The third-order valence-electron chi connectivity index (χ3n) is 2.51. The van der Waals surface area contributed by atoms with Gasteiger partial charge in [0, 0.05) is 10.0 Å². The van der Waals surface area contributed by atoms with Crippen LogP contribution in [0.5, 0.6) is 0 Å². The fourth-order valence-electron chi connectivity index (χ4n) is 1.62. The van der Waals surface area contributed by atoms with E-state index < -0.39 is 18.6 Å². The molecule has 6 heteroatoms. The van der Waals surface area contributed by atoms with Crippen molar-refractivity contribution in [1.82, 2.24) is 0 Å². The fraction of sp³-hybridized carbons (Fsp3) is 0. The molecule has 0 aliphatic heterocycles. The van der Waals surface area contributed by atoms with Crippen molar-refractivity contribution in [2.75, 3.05) is 0 Å². The maximum absolute atomic E-state index is 13.6. The first-order chi connectivity index (χ1) is 8.49. The highest BCUT2D eigenvalue weighted by molar-refractivity contribution is 6.79. The Hall–Kier alpha value is -1.10. The molecule has 0 unspecified atom stereocenters. The third-order valence-corrected chi connectivity index (χ3v) is 2.98. The number of benzene rings is 2. The molecular weight excluding hydrogens is 280 g/mol. The Labute approximate surface area is 113 Å². The van der Waals surface area contributed by atoms with E-state index in [0.717, 1.165) is 12.1 Å². The predicted molar refractivity (Wildman–Crippen MR) is 70.1 cm³/mol. The summed E-state index contributed by atoms with van der Waals surface area (Å²) >= 11 is 11.4. The number of hydrogen-bond acceptors (Lipinski definition) is 1. The van der Waals surface area contributed by atoms with Gasteiger partial charge in [0.05, 0.1) is 0 Å². The normalized spacial score (nSPS) is 10.5. The number of hydrogen-bond donors (Lipinski definition) is 1. The molecule has 0 spiro atoms. The lowest BCUT2D eigenvalue weighted by Gasteiger charge is -2.10. The molecule has 0 radical (unpaired) electrons. The summed E-state index contributed by atoms with van der Waals surface area (Å²) in [5.41, 5.74) is -0.188. The highest BCUT2D eigenvalue weighted by Crippen LogP contribution is 2.10. The van der Waals surface area contributed by atoms with Gasteiger partial charge in [0.15, 0.2) is 0 Å². The van der Waals surface area contributed by atoms with E-state index in [1.54, 1.807) is 0 Å². The van der Waals surface area contributed by atoms with Crippen LogP contribution in [0.4, 0.5) is 8.78 Å². The first-order valence-electron chi connectivity index (χ1n) is 5.07. The van der Waals surface area contributed by atoms with E-state index >= 15 is 0 Å². The van der Waals surface area contributed by atoms with Gasteiger partial charge in [0.25, 0.3) is 0 Å². The molecule has 0 atom stereocenters. The number of halogens is 4. The molecular formula is C12H7BCl2F2O. The molecule has 1 N–H and O–H groups in total. The van der Waals surface area contributed by atoms with E-state index in [-0.39, 0.29) is 21.0 Å². The molecule has 0 bridgehead atoms. The zero-order chi connectivity index (χ0) is 13.3. The second-order valence-corrected chi connectivity index (χ2v) is 4.61. The van der Waals surface area contributed by atoms with Gasteiger partial charge in [-0.3, -0.25) is 0 Å². The monoisotopic (exact) mass is 286 g/mol. The van der Waals surface area contributed by atoms with Crippen molar-refractivity contribution in [3.8, 4) is 0 Å². The Kier molecular flexibility index (Phi) is 3.90. The maximum Gasteiger partial charge on any atom is 0.365 e.